The van der Waals surface area contributed by atoms with Gasteiger partial charge >= 0.3 is 0 Å². The van der Waals surface area contributed by atoms with Gasteiger partial charge in [0.15, 0.2) is 0 Å². The maximum Gasteiger partial charge on any atom is 0.246 e. The number of carbonyl (C=O) groups is 2. The van der Waals surface area contributed by atoms with E-state index < -0.39 is 12.1 Å². The lowest BCUT2D eigenvalue weighted by Crippen LogP contribution is -2.66. The summed E-state index contributed by atoms with van der Waals surface area (Å²) in [6.07, 6.45) is 7.27. The zero-order chi connectivity index (χ0) is 14.6. The van der Waals surface area contributed by atoms with E-state index in [1.165, 1.54) is 0 Å². The third-order valence-electron chi connectivity index (χ3n) is 3.94. The number of carbonyl (C=O) groups excluding carboxylic acids is 2. The maximum atomic E-state index is 12.6. The molecular weight excluding hydrogens is 240 g/mol. The molecular formula is C15H24N2O2. The van der Waals surface area contributed by atoms with Crippen molar-refractivity contribution < 1.29 is 9.59 Å². The smallest absolute Gasteiger partial charge is 0.246 e. The lowest BCUT2D eigenvalue weighted by molar-refractivity contribution is -0.153. The van der Waals surface area contributed by atoms with Crippen LogP contribution in [-0.2, 0) is 9.59 Å². The van der Waals surface area contributed by atoms with Crippen molar-refractivity contribution in [2.75, 3.05) is 0 Å². The fraction of sp³-hybridized carbons (Fsp3) is 0.733. The predicted molar refractivity (Wildman–Crippen MR) is 75.2 cm³/mol. The van der Waals surface area contributed by atoms with E-state index in [1.54, 1.807) is 4.90 Å². The highest BCUT2D eigenvalue weighted by Crippen LogP contribution is 2.22. The fourth-order valence-corrected chi connectivity index (χ4v) is 2.55. The zero-order valence-electron chi connectivity index (χ0n) is 12.3. The van der Waals surface area contributed by atoms with Gasteiger partial charge in [-0.25, -0.2) is 0 Å². The van der Waals surface area contributed by atoms with Gasteiger partial charge in [0.05, 0.1) is 0 Å². The number of piperazine rings is 1. The highest BCUT2D eigenvalue weighted by molar-refractivity contribution is 5.97. The molecule has 1 saturated heterocycles. The second kappa shape index (κ2) is 6.60. The monoisotopic (exact) mass is 264 g/mol. The summed E-state index contributed by atoms with van der Waals surface area (Å²) < 4.78 is 0. The Morgan fingerprint density at radius 2 is 2.00 bits per heavy atom. The van der Waals surface area contributed by atoms with Crippen LogP contribution < -0.4 is 5.32 Å². The van der Waals surface area contributed by atoms with Crippen LogP contribution in [0.3, 0.4) is 0 Å². The average Bonchev–Trinajstić information content (AvgIpc) is 2.39. The Morgan fingerprint density at radius 1 is 1.37 bits per heavy atom. The van der Waals surface area contributed by atoms with Gasteiger partial charge in [-0.15, -0.1) is 12.3 Å². The highest BCUT2D eigenvalue weighted by atomic mass is 16.2. The Labute approximate surface area is 115 Å². The molecule has 1 fully saturated rings. The van der Waals surface area contributed by atoms with Crippen molar-refractivity contribution in [2.45, 2.75) is 65.1 Å². The van der Waals surface area contributed by atoms with Gasteiger partial charge in [-0.3, -0.25) is 9.59 Å². The van der Waals surface area contributed by atoms with Gasteiger partial charge in [-0.05, 0) is 19.3 Å². The highest BCUT2D eigenvalue weighted by Gasteiger charge is 2.42. The van der Waals surface area contributed by atoms with Crippen molar-refractivity contribution in [2.24, 2.45) is 5.92 Å². The molecule has 0 spiro atoms. The Hall–Kier alpha value is -1.50. The van der Waals surface area contributed by atoms with E-state index in [2.05, 4.69) is 11.2 Å². The molecule has 0 aliphatic carbocycles. The zero-order valence-corrected chi connectivity index (χ0v) is 12.3. The quantitative estimate of drug-likeness (QED) is 0.766. The summed E-state index contributed by atoms with van der Waals surface area (Å²) in [6, 6.07) is -0.906. The summed E-state index contributed by atoms with van der Waals surface area (Å²) in [4.78, 5) is 26.5. The SMILES string of the molecule is C#CCC(C)N1C(=O)C(C(C)CC)NC(=O)C1CC. The fourth-order valence-electron chi connectivity index (χ4n) is 2.55. The minimum atomic E-state index is -0.416. The van der Waals surface area contributed by atoms with Crippen LogP contribution >= 0.6 is 0 Å². The third kappa shape index (κ3) is 3.09. The van der Waals surface area contributed by atoms with Crippen LogP contribution in [0.2, 0.25) is 0 Å². The minimum absolute atomic E-state index is 0.00329. The average molecular weight is 264 g/mol. The Kier molecular flexibility index (Phi) is 5.41. The molecule has 2 amide bonds. The largest absolute Gasteiger partial charge is 0.342 e. The summed E-state index contributed by atoms with van der Waals surface area (Å²) in [5.74, 6) is 2.66. The number of rotatable bonds is 5. The number of hydrogen-bond acceptors (Lipinski definition) is 2. The molecule has 19 heavy (non-hydrogen) atoms. The number of nitrogens with one attached hydrogen (secondary N) is 1. The normalized spacial score (nSPS) is 26.6. The maximum absolute atomic E-state index is 12.6. The third-order valence-corrected chi connectivity index (χ3v) is 3.94. The van der Waals surface area contributed by atoms with Gasteiger partial charge in [-0.2, -0.15) is 0 Å². The molecule has 1 N–H and O–H groups in total. The number of hydrogen-bond donors (Lipinski definition) is 1. The van der Waals surface area contributed by atoms with Crippen LogP contribution in [0.5, 0.6) is 0 Å². The summed E-state index contributed by atoms with van der Waals surface area (Å²) in [7, 11) is 0. The molecule has 0 saturated carbocycles. The lowest BCUT2D eigenvalue weighted by Gasteiger charge is -2.43. The molecule has 4 unspecified atom stereocenters. The first kappa shape index (κ1) is 15.6. The molecule has 106 valence electrons. The van der Waals surface area contributed by atoms with Crippen molar-refractivity contribution in [3.63, 3.8) is 0 Å². The molecule has 0 aromatic heterocycles. The Bertz CT molecular complexity index is 386. The summed E-state index contributed by atoms with van der Waals surface area (Å²) >= 11 is 0. The van der Waals surface area contributed by atoms with Crippen LogP contribution in [0.25, 0.3) is 0 Å². The summed E-state index contributed by atoms with van der Waals surface area (Å²) in [5.41, 5.74) is 0. The standard InChI is InChI=1S/C15H24N2O2/c1-6-9-11(5)17-12(8-3)14(18)16-13(15(17)19)10(4)7-2/h1,10-13H,7-9H2,2-5H3,(H,16,18). The molecule has 1 rings (SSSR count). The van der Waals surface area contributed by atoms with Crippen LogP contribution in [0.1, 0.15) is 47.0 Å². The van der Waals surface area contributed by atoms with Gasteiger partial charge in [-0.1, -0.05) is 27.2 Å². The van der Waals surface area contributed by atoms with E-state index >= 15 is 0 Å². The van der Waals surface area contributed by atoms with E-state index in [0.717, 1.165) is 6.42 Å². The van der Waals surface area contributed by atoms with Gasteiger partial charge in [0.25, 0.3) is 0 Å². The number of terminal acetylenes is 1. The van der Waals surface area contributed by atoms with E-state index in [0.29, 0.717) is 12.8 Å². The molecule has 1 heterocycles. The topological polar surface area (TPSA) is 49.4 Å². The Morgan fingerprint density at radius 3 is 2.47 bits per heavy atom. The van der Waals surface area contributed by atoms with Gasteiger partial charge < -0.3 is 10.2 Å². The number of nitrogens with zero attached hydrogens (tertiary/aromatic N) is 1. The summed E-state index contributed by atoms with van der Waals surface area (Å²) in [5, 5.41) is 2.86. The summed E-state index contributed by atoms with van der Waals surface area (Å²) in [6.45, 7) is 7.83. The second-order valence-corrected chi connectivity index (χ2v) is 5.30. The first-order valence-electron chi connectivity index (χ1n) is 7.03. The Balaban J connectivity index is 3.02. The molecule has 4 heteroatoms. The van der Waals surface area contributed by atoms with Crippen LogP contribution in [0.15, 0.2) is 0 Å². The first-order chi connectivity index (χ1) is 8.97. The van der Waals surface area contributed by atoms with Crippen molar-refractivity contribution in [3.05, 3.63) is 0 Å². The van der Waals surface area contributed by atoms with Crippen LogP contribution in [0, 0.1) is 18.3 Å². The second-order valence-electron chi connectivity index (χ2n) is 5.30. The molecule has 4 nitrogen and oxygen atoms in total. The molecule has 0 radical (unpaired) electrons. The van der Waals surface area contributed by atoms with Crippen molar-refractivity contribution >= 4 is 11.8 Å². The van der Waals surface area contributed by atoms with Crippen molar-refractivity contribution in [1.29, 1.82) is 0 Å². The molecule has 1 aliphatic rings. The number of amides is 2. The molecule has 0 aromatic rings. The van der Waals surface area contributed by atoms with Crippen molar-refractivity contribution in [1.82, 2.24) is 10.2 Å². The van der Waals surface area contributed by atoms with Gasteiger partial charge in [0, 0.05) is 12.5 Å². The van der Waals surface area contributed by atoms with Gasteiger partial charge in [0.2, 0.25) is 11.8 Å². The molecule has 4 atom stereocenters. The van der Waals surface area contributed by atoms with Crippen LogP contribution in [-0.4, -0.2) is 34.8 Å². The van der Waals surface area contributed by atoms with Crippen LogP contribution in [0.4, 0.5) is 0 Å². The molecule has 1 aliphatic heterocycles. The van der Waals surface area contributed by atoms with Crippen molar-refractivity contribution in [3.8, 4) is 12.3 Å². The van der Waals surface area contributed by atoms with E-state index in [1.807, 2.05) is 27.7 Å². The lowest BCUT2D eigenvalue weighted by atomic mass is 9.92. The van der Waals surface area contributed by atoms with E-state index in [-0.39, 0.29) is 23.8 Å². The van der Waals surface area contributed by atoms with E-state index in [9.17, 15) is 9.59 Å². The molecule has 0 aromatic carbocycles. The van der Waals surface area contributed by atoms with Gasteiger partial charge in [0.1, 0.15) is 12.1 Å². The molecule has 0 bridgehead atoms. The minimum Gasteiger partial charge on any atom is -0.342 e. The first-order valence-corrected chi connectivity index (χ1v) is 7.03. The van der Waals surface area contributed by atoms with E-state index in [4.69, 9.17) is 6.42 Å². The predicted octanol–water partition coefficient (Wildman–Crippen LogP) is 1.55.